The summed E-state index contributed by atoms with van der Waals surface area (Å²) in [6.07, 6.45) is 4.24. The number of aryl methyl sites for hydroxylation is 1. The van der Waals surface area contributed by atoms with Gasteiger partial charge < -0.3 is 19.3 Å². The van der Waals surface area contributed by atoms with Crippen LogP contribution in [0.4, 0.5) is 0 Å². The molecule has 6 heteroatoms. The largest absolute Gasteiger partial charge is 0.478 e. The van der Waals surface area contributed by atoms with Crippen LogP contribution in [-0.2, 0) is 9.59 Å². The molecule has 2 aromatic rings. The van der Waals surface area contributed by atoms with Crippen LogP contribution >= 0.6 is 0 Å². The normalized spacial score (nSPS) is 17.5. The van der Waals surface area contributed by atoms with E-state index in [2.05, 4.69) is 0 Å². The van der Waals surface area contributed by atoms with E-state index < -0.39 is 11.6 Å². The van der Waals surface area contributed by atoms with E-state index in [0.717, 1.165) is 5.56 Å². The van der Waals surface area contributed by atoms with Crippen molar-refractivity contribution in [2.75, 3.05) is 13.1 Å². The van der Waals surface area contributed by atoms with Gasteiger partial charge in [0, 0.05) is 38.3 Å². The molecule has 1 fully saturated rings. The Morgan fingerprint density at radius 3 is 2.31 bits per heavy atom. The second-order valence-electron chi connectivity index (χ2n) is 6.80. The first-order valence-corrected chi connectivity index (χ1v) is 8.82. The Hall–Kier alpha value is -2.76. The van der Waals surface area contributed by atoms with E-state index in [1.54, 1.807) is 11.0 Å². The van der Waals surface area contributed by atoms with Crippen LogP contribution in [0.15, 0.2) is 48.8 Å². The van der Waals surface area contributed by atoms with Crippen LogP contribution in [0.25, 0.3) is 0 Å². The first kappa shape index (κ1) is 18.0. The summed E-state index contributed by atoms with van der Waals surface area (Å²) in [6.45, 7) is 4.47. The van der Waals surface area contributed by atoms with E-state index in [1.807, 2.05) is 61.1 Å². The van der Waals surface area contributed by atoms with Gasteiger partial charge in [-0.25, -0.2) is 4.79 Å². The van der Waals surface area contributed by atoms with Crippen LogP contribution in [0.5, 0.6) is 5.75 Å². The Morgan fingerprint density at radius 2 is 1.73 bits per heavy atom. The number of nitrogens with zero attached hydrogens (tertiary/aromatic N) is 2. The zero-order chi connectivity index (χ0) is 18.7. The van der Waals surface area contributed by atoms with E-state index in [9.17, 15) is 14.7 Å². The maximum atomic E-state index is 12.7. The molecule has 0 radical (unpaired) electrons. The van der Waals surface area contributed by atoms with Crippen molar-refractivity contribution in [1.29, 1.82) is 0 Å². The number of hydrogen-bond donors (Lipinski definition) is 1. The number of amides is 1. The summed E-state index contributed by atoms with van der Waals surface area (Å²) in [5.74, 6) is -0.405. The van der Waals surface area contributed by atoms with E-state index in [4.69, 9.17) is 4.74 Å². The molecule has 1 atom stereocenters. The molecule has 0 aliphatic carbocycles. The molecule has 0 bridgehead atoms. The number of carbonyl (C=O) groups excluding carboxylic acids is 1. The summed E-state index contributed by atoms with van der Waals surface area (Å²) in [4.78, 5) is 26.4. The number of carbonyl (C=O) groups is 2. The van der Waals surface area contributed by atoms with Crippen molar-refractivity contribution in [3.63, 3.8) is 0 Å². The lowest BCUT2D eigenvalue weighted by Gasteiger charge is -2.40. The maximum Gasteiger partial charge on any atom is 0.348 e. The van der Waals surface area contributed by atoms with Crippen LogP contribution in [0.2, 0.25) is 0 Å². The summed E-state index contributed by atoms with van der Waals surface area (Å²) >= 11 is 0. The van der Waals surface area contributed by atoms with Gasteiger partial charge in [-0.3, -0.25) is 4.79 Å². The zero-order valence-electron chi connectivity index (χ0n) is 15.1. The number of para-hydroxylation sites is 1. The monoisotopic (exact) mass is 356 g/mol. The molecule has 1 amide bonds. The third kappa shape index (κ3) is 3.45. The molecular weight excluding hydrogens is 332 g/mol. The number of carboxylic acid groups (broad SMARTS) is 1. The molecule has 0 saturated carbocycles. The molecule has 1 N–H and O–H groups in total. The molecule has 0 spiro atoms. The highest BCUT2D eigenvalue weighted by atomic mass is 16.5. The molecule has 1 saturated heterocycles. The zero-order valence-corrected chi connectivity index (χ0v) is 15.1. The first-order valence-electron chi connectivity index (χ1n) is 8.82. The van der Waals surface area contributed by atoms with Gasteiger partial charge in [0.2, 0.25) is 11.5 Å². The number of aliphatic carboxylic acids is 1. The minimum absolute atomic E-state index is 0.00363. The fourth-order valence-corrected chi connectivity index (χ4v) is 3.33. The lowest BCUT2D eigenvalue weighted by atomic mass is 9.90. The van der Waals surface area contributed by atoms with Crippen molar-refractivity contribution in [2.45, 2.75) is 38.3 Å². The third-order valence-corrected chi connectivity index (χ3v) is 5.10. The highest BCUT2D eigenvalue weighted by molar-refractivity contribution is 5.82. The number of carboxylic acids is 1. The Morgan fingerprint density at radius 1 is 1.12 bits per heavy atom. The van der Waals surface area contributed by atoms with Gasteiger partial charge in [0.15, 0.2) is 0 Å². The number of aromatic nitrogens is 1. The fourth-order valence-electron chi connectivity index (χ4n) is 3.33. The first-order chi connectivity index (χ1) is 12.4. The Labute approximate surface area is 153 Å². The van der Waals surface area contributed by atoms with Crippen LogP contribution < -0.4 is 4.74 Å². The molecule has 1 aromatic carbocycles. The number of hydrogen-bond acceptors (Lipinski definition) is 3. The van der Waals surface area contributed by atoms with Crippen molar-refractivity contribution in [2.24, 2.45) is 0 Å². The molecule has 1 aliphatic rings. The molecule has 138 valence electrons. The molecule has 1 aliphatic heterocycles. The van der Waals surface area contributed by atoms with Gasteiger partial charge in [-0.2, -0.15) is 0 Å². The van der Waals surface area contributed by atoms with Gasteiger partial charge in [-0.15, -0.1) is 0 Å². The van der Waals surface area contributed by atoms with E-state index in [0.29, 0.717) is 18.8 Å². The number of ether oxygens (including phenoxy) is 1. The molecule has 1 unspecified atom stereocenters. The topological polar surface area (TPSA) is 71.8 Å². The molecule has 26 heavy (non-hydrogen) atoms. The highest BCUT2D eigenvalue weighted by Gasteiger charge is 2.45. The quantitative estimate of drug-likeness (QED) is 0.894. The summed E-state index contributed by atoms with van der Waals surface area (Å²) in [5.41, 5.74) is -0.396. The number of piperidine rings is 1. The van der Waals surface area contributed by atoms with Crippen molar-refractivity contribution < 1.29 is 19.4 Å². The fraction of sp³-hybridized carbons (Fsp3) is 0.400. The van der Waals surface area contributed by atoms with Gasteiger partial charge >= 0.3 is 5.97 Å². The van der Waals surface area contributed by atoms with Crippen LogP contribution in [0.1, 0.15) is 31.4 Å². The van der Waals surface area contributed by atoms with Gasteiger partial charge in [-0.05, 0) is 37.6 Å². The second-order valence-corrected chi connectivity index (χ2v) is 6.80. The lowest BCUT2D eigenvalue weighted by molar-refractivity contribution is -0.162. The van der Waals surface area contributed by atoms with E-state index >= 15 is 0 Å². The maximum absolute atomic E-state index is 12.7. The summed E-state index contributed by atoms with van der Waals surface area (Å²) in [6, 6.07) is 10.8. The molecule has 2 heterocycles. The lowest BCUT2D eigenvalue weighted by Crippen LogP contribution is -2.55. The van der Waals surface area contributed by atoms with E-state index in [-0.39, 0.29) is 24.8 Å². The van der Waals surface area contributed by atoms with Crippen molar-refractivity contribution >= 4 is 11.9 Å². The predicted molar refractivity (Wildman–Crippen MR) is 97.1 cm³/mol. The Balaban J connectivity index is 1.70. The second kappa shape index (κ2) is 7.23. The Kier molecular flexibility index (Phi) is 5.02. The number of likely N-dealkylation sites (tertiary alicyclic amines) is 1. The summed E-state index contributed by atoms with van der Waals surface area (Å²) in [7, 11) is 0. The minimum atomic E-state index is -1.29. The smallest absolute Gasteiger partial charge is 0.348 e. The van der Waals surface area contributed by atoms with Crippen LogP contribution in [0.3, 0.4) is 0 Å². The van der Waals surface area contributed by atoms with Crippen molar-refractivity contribution in [1.82, 2.24) is 9.47 Å². The molecule has 3 rings (SSSR count). The third-order valence-electron chi connectivity index (χ3n) is 5.10. The predicted octanol–water partition coefficient (Wildman–Crippen LogP) is 2.88. The summed E-state index contributed by atoms with van der Waals surface area (Å²) < 4.78 is 7.81. The number of rotatable bonds is 5. The van der Waals surface area contributed by atoms with E-state index in [1.165, 1.54) is 0 Å². The average Bonchev–Trinajstić information content (AvgIpc) is 3.17. The minimum Gasteiger partial charge on any atom is -0.478 e. The average molecular weight is 356 g/mol. The van der Waals surface area contributed by atoms with Crippen LogP contribution in [-0.4, -0.2) is 45.1 Å². The SMILES string of the molecule is Cc1ccccc1OC1(C(=O)O)CCN(C(=O)C(C)n2cccc2)CC1. The summed E-state index contributed by atoms with van der Waals surface area (Å²) in [5, 5.41) is 9.79. The van der Waals surface area contributed by atoms with Crippen LogP contribution in [0, 0.1) is 6.92 Å². The molecule has 1 aromatic heterocycles. The van der Waals surface area contributed by atoms with Gasteiger partial charge in [0.25, 0.3) is 0 Å². The van der Waals surface area contributed by atoms with Crippen molar-refractivity contribution in [3.8, 4) is 5.75 Å². The molecule has 6 nitrogen and oxygen atoms in total. The van der Waals surface area contributed by atoms with Gasteiger partial charge in [-0.1, -0.05) is 18.2 Å². The standard InChI is InChI=1S/C20H24N2O4/c1-15-7-3-4-8-17(15)26-20(19(24)25)9-13-22(14-10-20)18(23)16(2)21-11-5-6-12-21/h3-8,11-12,16H,9-10,13-14H2,1-2H3,(H,24,25). The highest BCUT2D eigenvalue weighted by Crippen LogP contribution is 2.31. The number of benzene rings is 1. The van der Waals surface area contributed by atoms with Crippen molar-refractivity contribution in [3.05, 3.63) is 54.4 Å². The Bertz CT molecular complexity index is 777. The molecular formula is C20H24N2O4. The van der Waals surface area contributed by atoms with Gasteiger partial charge in [0.1, 0.15) is 11.8 Å². The van der Waals surface area contributed by atoms with Gasteiger partial charge in [0.05, 0.1) is 0 Å².